The number of carbonyl (C=O) groups is 2. The van der Waals surface area contributed by atoms with Gasteiger partial charge in [0.2, 0.25) is 5.91 Å². The fourth-order valence-electron chi connectivity index (χ4n) is 2.75. The Morgan fingerprint density at radius 1 is 1.35 bits per heavy atom. The number of hydrogen-bond acceptors (Lipinski definition) is 2. The van der Waals surface area contributed by atoms with Crippen LogP contribution in [0, 0.1) is 11.2 Å². The molecule has 0 aliphatic heterocycles. The number of carboxylic acids is 1. The van der Waals surface area contributed by atoms with Crippen molar-refractivity contribution < 1.29 is 19.1 Å². The van der Waals surface area contributed by atoms with Crippen LogP contribution in [0.15, 0.2) is 24.3 Å². The minimum Gasteiger partial charge on any atom is -0.481 e. The van der Waals surface area contributed by atoms with Gasteiger partial charge in [-0.15, -0.1) is 0 Å². The third-order valence-corrected chi connectivity index (χ3v) is 4.07. The minimum atomic E-state index is -0.946. The second kappa shape index (κ2) is 5.61. The van der Waals surface area contributed by atoms with Crippen LogP contribution in [0.5, 0.6) is 0 Å². The summed E-state index contributed by atoms with van der Waals surface area (Å²) < 4.78 is 13.2. The van der Waals surface area contributed by atoms with E-state index in [4.69, 9.17) is 0 Å². The Hall–Kier alpha value is -1.91. The van der Waals surface area contributed by atoms with E-state index >= 15 is 0 Å². The molecule has 1 saturated carbocycles. The van der Waals surface area contributed by atoms with E-state index < -0.39 is 17.2 Å². The van der Waals surface area contributed by atoms with E-state index in [1.165, 1.54) is 23.1 Å². The predicted octanol–water partition coefficient (Wildman–Crippen LogP) is 2.82. The summed E-state index contributed by atoms with van der Waals surface area (Å²) in [5.41, 5.74) is -0.507. The number of nitrogens with zero attached hydrogens (tertiary/aromatic N) is 1. The summed E-state index contributed by atoms with van der Waals surface area (Å²) in [5, 5.41) is 9.38. The lowest BCUT2D eigenvalue weighted by Gasteiger charge is -2.26. The Bertz CT molecular complexity index is 524. The summed E-state index contributed by atoms with van der Waals surface area (Å²) in [5.74, 6) is -1.62. The summed E-state index contributed by atoms with van der Waals surface area (Å²) in [6.07, 6.45) is 2.71. The van der Waals surface area contributed by atoms with Crippen LogP contribution in [0.3, 0.4) is 0 Å². The molecule has 1 aliphatic rings. The fraction of sp³-hybridized carbons (Fsp3) is 0.467. The molecule has 0 atom stereocenters. The molecular formula is C15H18FNO3. The van der Waals surface area contributed by atoms with Crippen molar-refractivity contribution in [1.82, 2.24) is 0 Å². The molecule has 108 valence electrons. The van der Waals surface area contributed by atoms with Crippen LogP contribution in [0.4, 0.5) is 10.1 Å². The quantitative estimate of drug-likeness (QED) is 0.922. The first-order valence-corrected chi connectivity index (χ1v) is 6.70. The maximum Gasteiger partial charge on any atom is 0.310 e. The van der Waals surface area contributed by atoms with Crippen LogP contribution >= 0.6 is 0 Å². The zero-order chi connectivity index (χ0) is 14.8. The van der Waals surface area contributed by atoms with Gasteiger partial charge in [-0.05, 0) is 31.0 Å². The molecule has 1 aromatic carbocycles. The minimum absolute atomic E-state index is 0.0324. The summed E-state index contributed by atoms with van der Waals surface area (Å²) in [7, 11) is 1.54. The number of carbonyl (C=O) groups excluding carboxylic acids is 1. The number of halogens is 1. The Morgan fingerprint density at radius 2 is 2.00 bits per heavy atom. The second-order valence-corrected chi connectivity index (χ2v) is 5.40. The highest BCUT2D eigenvalue weighted by Crippen LogP contribution is 2.42. The average molecular weight is 279 g/mol. The maximum atomic E-state index is 13.2. The van der Waals surface area contributed by atoms with Crippen molar-refractivity contribution in [2.75, 3.05) is 11.9 Å². The first-order valence-electron chi connectivity index (χ1n) is 6.70. The van der Waals surface area contributed by atoms with Crippen molar-refractivity contribution in [1.29, 1.82) is 0 Å². The highest BCUT2D eigenvalue weighted by Gasteiger charge is 2.43. The van der Waals surface area contributed by atoms with Gasteiger partial charge in [0, 0.05) is 19.2 Å². The average Bonchev–Trinajstić information content (AvgIpc) is 2.87. The van der Waals surface area contributed by atoms with E-state index in [0.717, 1.165) is 12.8 Å². The second-order valence-electron chi connectivity index (χ2n) is 5.40. The molecule has 0 unspecified atom stereocenters. The smallest absolute Gasteiger partial charge is 0.310 e. The Labute approximate surface area is 117 Å². The highest BCUT2D eigenvalue weighted by molar-refractivity contribution is 5.96. The SMILES string of the molecule is CN(C(=O)CC1(C(=O)O)CCCC1)c1cccc(F)c1. The number of amides is 1. The highest BCUT2D eigenvalue weighted by atomic mass is 19.1. The number of benzene rings is 1. The monoisotopic (exact) mass is 279 g/mol. The lowest BCUT2D eigenvalue weighted by atomic mass is 9.82. The molecule has 1 amide bonds. The molecule has 0 radical (unpaired) electrons. The van der Waals surface area contributed by atoms with Gasteiger partial charge in [0.15, 0.2) is 0 Å². The molecule has 1 fully saturated rings. The van der Waals surface area contributed by atoms with Gasteiger partial charge < -0.3 is 10.0 Å². The van der Waals surface area contributed by atoms with Crippen molar-refractivity contribution in [3.05, 3.63) is 30.1 Å². The molecule has 1 N–H and O–H groups in total. The maximum absolute atomic E-state index is 13.2. The molecular weight excluding hydrogens is 261 g/mol. The molecule has 2 rings (SSSR count). The molecule has 1 aromatic rings. The van der Waals surface area contributed by atoms with Gasteiger partial charge in [-0.25, -0.2) is 4.39 Å². The van der Waals surface area contributed by atoms with Crippen LogP contribution in [0.2, 0.25) is 0 Å². The van der Waals surface area contributed by atoms with Crippen LogP contribution in [0.25, 0.3) is 0 Å². The van der Waals surface area contributed by atoms with Gasteiger partial charge in [0.1, 0.15) is 5.82 Å². The van der Waals surface area contributed by atoms with Crippen molar-refractivity contribution in [2.24, 2.45) is 5.41 Å². The molecule has 0 aromatic heterocycles. The Kier molecular flexibility index (Phi) is 4.06. The molecule has 20 heavy (non-hydrogen) atoms. The standard InChI is InChI=1S/C15H18FNO3/c1-17(12-6-4-5-11(16)9-12)13(18)10-15(14(19)20)7-2-3-8-15/h4-6,9H,2-3,7-8,10H2,1H3,(H,19,20). The lowest BCUT2D eigenvalue weighted by molar-refractivity contribution is -0.151. The number of rotatable bonds is 4. The van der Waals surface area contributed by atoms with E-state index in [2.05, 4.69) is 0 Å². The van der Waals surface area contributed by atoms with Crippen molar-refractivity contribution in [2.45, 2.75) is 32.1 Å². The fourth-order valence-corrected chi connectivity index (χ4v) is 2.75. The number of aliphatic carboxylic acids is 1. The molecule has 0 spiro atoms. The summed E-state index contributed by atoms with van der Waals surface area (Å²) in [6.45, 7) is 0. The molecule has 0 bridgehead atoms. The zero-order valence-corrected chi connectivity index (χ0v) is 11.4. The molecule has 5 heteroatoms. The van der Waals surface area contributed by atoms with Crippen molar-refractivity contribution in [3.8, 4) is 0 Å². The number of carboxylic acid groups (broad SMARTS) is 1. The van der Waals surface area contributed by atoms with Gasteiger partial charge in [-0.3, -0.25) is 9.59 Å². The molecule has 0 heterocycles. The van der Waals surface area contributed by atoms with E-state index in [1.54, 1.807) is 13.1 Å². The van der Waals surface area contributed by atoms with Gasteiger partial charge in [0.05, 0.1) is 5.41 Å². The topological polar surface area (TPSA) is 57.6 Å². The largest absolute Gasteiger partial charge is 0.481 e. The van der Waals surface area contributed by atoms with Gasteiger partial charge in [0.25, 0.3) is 0 Å². The van der Waals surface area contributed by atoms with Crippen LogP contribution in [-0.2, 0) is 9.59 Å². The van der Waals surface area contributed by atoms with Crippen molar-refractivity contribution in [3.63, 3.8) is 0 Å². The Balaban J connectivity index is 2.13. The van der Waals surface area contributed by atoms with E-state index in [1.807, 2.05) is 0 Å². The van der Waals surface area contributed by atoms with Gasteiger partial charge in [-0.1, -0.05) is 18.9 Å². The number of hydrogen-bond donors (Lipinski definition) is 1. The van der Waals surface area contributed by atoms with Gasteiger partial charge >= 0.3 is 5.97 Å². The summed E-state index contributed by atoms with van der Waals surface area (Å²) in [6, 6.07) is 5.72. The van der Waals surface area contributed by atoms with Crippen LogP contribution < -0.4 is 4.90 Å². The van der Waals surface area contributed by atoms with E-state index in [0.29, 0.717) is 18.5 Å². The molecule has 1 aliphatic carbocycles. The lowest BCUT2D eigenvalue weighted by Crippen LogP contribution is -2.36. The Morgan fingerprint density at radius 3 is 2.55 bits per heavy atom. The number of anilines is 1. The third-order valence-electron chi connectivity index (χ3n) is 4.07. The first-order chi connectivity index (χ1) is 9.44. The van der Waals surface area contributed by atoms with Crippen LogP contribution in [0.1, 0.15) is 32.1 Å². The summed E-state index contributed by atoms with van der Waals surface area (Å²) in [4.78, 5) is 25.0. The van der Waals surface area contributed by atoms with Crippen molar-refractivity contribution >= 4 is 17.6 Å². The van der Waals surface area contributed by atoms with Crippen LogP contribution in [-0.4, -0.2) is 24.0 Å². The van der Waals surface area contributed by atoms with E-state index in [-0.39, 0.29) is 12.3 Å². The predicted molar refractivity (Wildman–Crippen MR) is 73.0 cm³/mol. The van der Waals surface area contributed by atoms with E-state index in [9.17, 15) is 19.1 Å². The van der Waals surface area contributed by atoms with Gasteiger partial charge in [-0.2, -0.15) is 0 Å². The zero-order valence-electron chi connectivity index (χ0n) is 11.4. The third kappa shape index (κ3) is 2.81. The molecule has 4 nitrogen and oxygen atoms in total. The normalized spacial score (nSPS) is 16.9. The molecule has 0 saturated heterocycles. The first kappa shape index (κ1) is 14.5. The summed E-state index contributed by atoms with van der Waals surface area (Å²) >= 11 is 0.